The van der Waals surface area contributed by atoms with Crippen LogP contribution in [0.1, 0.15) is 0 Å². The van der Waals surface area contributed by atoms with Crippen LogP contribution in [0.5, 0.6) is 0 Å². The first-order valence-electron chi connectivity index (χ1n) is 6.40. The summed E-state index contributed by atoms with van der Waals surface area (Å²) in [6.45, 7) is -0.235. The number of hydrogen-bond donors (Lipinski definition) is 4. The van der Waals surface area contributed by atoms with Crippen LogP contribution in [0.3, 0.4) is 0 Å². The molecule has 114 valence electrons. The van der Waals surface area contributed by atoms with Crippen molar-refractivity contribution in [1.29, 1.82) is 0 Å². The molecular formula is C13H15N7O2. The lowest BCUT2D eigenvalue weighted by Gasteiger charge is -2.08. The van der Waals surface area contributed by atoms with Gasteiger partial charge >= 0.3 is 0 Å². The van der Waals surface area contributed by atoms with Gasteiger partial charge < -0.3 is 22.1 Å². The lowest BCUT2D eigenvalue weighted by Crippen LogP contribution is -2.25. The van der Waals surface area contributed by atoms with Gasteiger partial charge in [-0.05, 0) is 0 Å². The molecule has 0 unspecified atom stereocenters. The normalized spacial score (nSPS) is 10.0. The summed E-state index contributed by atoms with van der Waals surface area (Å²) in [6.07, 6.45) is 0. The average Bonchev–Trinajstić information content (AvgIpc) is 2.51. The van der Waals surface area contributed by atoms with E-state index in [1.807, 2.05) is 30.3 Å². The third kappa shape index (κ3) is 4.40. The minimum absolute atomic E-state index is 0.118. The van der Waals surface area contributed by atoms with E-state index < -0.39 is 11.8 Å². The molecule has 1 aromatic carbocycles. The number of primary amides is 2. The van der Waals surface area contributed by atoms with Crippen molar-refractivity contribution in [3.63, 3.8) is 0 Å². The number of nitrogens with zero attached hydrogens (tertiary/aromatic N) is 3. The van der Waals surface area contributed by atoms with Crippen molar-refractivity contribution in [2.45, 2.75) is 0 Å². The van der Waals surface area contributed by atoms with Crippen molar-refractivity contribution >= 4 is 23.7 Å². The highest BCUT2D eigenvalue weighted by molar-refractivity contribution is 5.79. The van der Waals surface area contributed by atoms with E-state index in [9.17, 15) is 9.59 Å². The molecule has 22 heavy (non-hydrogen) atoms. The number of amides is 2. The summed E-state index contributed by atoms with van der Waals surface area (Å²) in [5.74, 6) is -0.379. The Hall–Kier alpha value is -3.23. The Morgan fingerprint density at radius 2 is 1.36 bits per heavy atom. The Bertz CT molecular complexity index is 639. The molecular weight excluding hydrogens is 286 g/mol. The smallest absolute Gasteiger partial charge is 0.236 e. The molecule has 0 fully saturated rings. The molecule has 0 radical (unpaired) electrons. The number of benzene rings is 1. The van der Waals surface area contributed by atoms with Crippen LogP contribution >= 0.6 is 0 Å². The Balaban J connectivity index is 2.30. The van der Waals surface area contributed by atoms with Gasteiger partial charge in [-0.1, -0.05) is 30.3 Å². The van der Waals surface area contributed by atoms with E-state index in [0.717, 1.165) is 5.56 Å². The van der Waals surface area contributed by atoms with E-state index >= 15 is 0 Å². The summed E-state index contributed by atoms with van der Waals surface area (Å²) in [5.41, 5.74) is 10.9. The second-order valence-electron chi connectivity index (χ2n) is 4.31. The largest absolute Gasteiger partial charge is 0.368 e. The predicted molar refractivity (Wildman–Crippen MR) is 80.6 cm³/mol. The highest BCUT2D eigenvalue weighted by atomic mass is 16.1. The van der Waals surface area contributed by atoms with Crippen LogP contribution < -0.4 is 22.1 Å². The molecule has 0 aliphatic carbocycles. The molecule has 6 N–H and O–H groups in total. The van der Waals surface area contributed by atoms with Gasteiger partial charge in [-0.25, -0.2) is 0 Å². The fourth-order valence-electron chi connectivity index (χ4n) is 1.58. The number of carbonyl (C=O) groups is 2. The van der Waals surface area contributed by atoms with Crippen LogP contribution in [0, 0.1) is 0 Å². The van der Waals surface area contributed by atoms with Crippen LogP contribution in [0.4, 0.5) is 11.9 Å². The van der Waals surface area contributed by atoms with Gasteiger partial charge in [0.1, 0.15) is 0 Å². The second kappa shape index (κ2) is 6.97. The topological polar surface area (TPSA) is 149 Å². The highest BCUT2D eigenvalue weighted by Gasteiger charge is 2.09. The third-order valence-electron chi connectivity index (χ3n) is 2.51. The van der Waals surface area contributed by atoms with E-state index in [-0.39, 0.29) is 25.0 Å². The first kappa shape index (κ1) is 15.2. The summed E-state index contributed by atoms with van der Waals surface area (Å²) in [5, 5.41) is 5.38. The minimum atomic E-state index is -0.548. The van der Waals surface area contributed by atoms with Crippen molar-refractivity contribution in [3.05, 3.63) is 30.3 Å². The Labute approximate surface area is 126 Å². The number of nitrogens with two attached hydrogens (primary N) is 2. The van der Waals surface area contributed by atoms with Crippen molar-refractivity contribution in [1.82, 2.24) is 15.0 Å². The maximum Gasteiger partial charge on any atom is 0.236 e. The van der Waals surface area contributed by atoms with Gasteiger partial charge in [-0.15, -0.1) is 0 Å². The number of hydrogen-bond acceptors (Lipinski definition) is 7. The molecule has 9 nitrogen and oxygen atoms in total. The van der Waals surface area contributed by atoms with Crippen molar-refractivity contribution < 1.29 is 9.59 Å². The summed E-state index contributed by atoms with van der Waals surface area (Å²) in [7, 11) is 0. The molecule has 0 saturated heterocycles. The molecule has 1 heterocycles. The highest BCUT2D eigenvalue weighted by Crippen LogP contribution is 2.17. The van der Waals surface area contributed by atoms with E-state index in [1.165, 1.54) is 0 Å². The fraction of sp³-hybridized carbons (Fsp3) is 0.154. The zero-order valence-electron chi connectivity index (χ0n) is 11.6. The van der Waals surface area contributed by atoms with Crippen LogP contribution in [-0.4, -0.2) is 39.9 Å². The maximum atomic E-state index is 10.8. The fourth-order valence-corrected chi connectivity index (χ4v) is 1.58. The summed E-state index contributed by atoms with van der Waals surface area (Å²) < 4.78 is 0. The Kier molecular flexibility index (Phi) is 4.81. The van der Waals surface area contributed by atoms with Crippen molar-refractivity contribution in [2.75, 3.05) is 23.7 Å². The lowest BCUT2D eigenvalue weighted by molar-refractivity contribution is -0.117. The molecule has 2 aromatic rings. The third-order valence-corrected chi connectivity index (χ3v) is 2.51. The van der Waals surface area contributed by atoms with E-state index in [2.05, 4.69) is 25.6 Å². The van der Waals surface area contributed by atoms with E-state index in [0.29, 0.717) is 5.82 Å². The molecule has 0 aliphatic rings. The van der Waals surface area contributed by atoms with Crippen LogP contribution in [0.25, 0.3) is 11.4 Å². The number of anilines is 2. The van der Waals surface area contributed by atoms with Crippen molar-refractivity contribution in [2.24, 2.45) is 11.5 Å². The monoisotopic (exact) mass is 301 g/mol. The van der Waals surface area contributed by atoms with Crippen LogP contribution in [0.15, 0.2) is 30.3 Å². The van der Waals surface area contributed by atoms with Crippen molar-refractivity contribution in [3.8, 4) is 11.4 Å². The zero-order valence-corrected chi connectivity index (χ0v) is 11.6. The molecule has 0 spiro atoms. The van der Waals surface area contributed by atoms with Gasteiger partial charge in [-0.3, -0.25) is 9.59 Å². The molecule has 2 amide bonds. The second-order valence-corrected chi connectivity index (χ2v) is 4.31. The molecule has 0 aliphatic heterocycles. The Morgan fingerprint density at radius 3 is 1.82 bits per heavy atom. The number of carbonyl (C=O) groups excluding carboxylic acids is 2. The Morgan fingerprint density at radius 1 is 0.864 bits per heavy atom. The molecule has 0 bridgehead atoms. The number of rotatable bonds is 7. The molecule has 1 aromatic heterocycles. The zero-order chi connectivity index (χ0) is 15.9. The van der Waals surface area contributed by atoms with Gasteiger partial charge in [0.05, 0.1) is 13.1 Å². The summed E-state index contributed by atoms with van der Waals surface area (Å²) in [6, 6.07) is 9.19. The van der Waals surface area contributed by atoms with Crippen LogP contribution in [0.2, 0.25) is 0 Å². The molecule has 2 rings (SSSR count). The van der Waals surface area contributed by atoms with Crippen LogP contribution in [-0.2, 0) is 9.59 Å². The molecule has 9 heteroatoms. The molecule has 0 saturated carbocycles. The van der Waals surface area contributed by atoms with E-state index in [4.69, 9.17) is 11.5 Å². The van der Waals surface area contributed by atoms with E-state index in [1.54, 1.807) is 0 Å². The SMILES string of the molecule is NC(=O)CNc1nc(NCC(N)=O)nc(-c2ccccc2)n1. The number of nitrogens with one attached hydrogen (secondary N) is 2. The van der Waals surface area contributed by atoms with Gasteiger partial charge in [0.15, 0.2) is 5.82 Å². The maximum absolute atomic E-state index is 10.8. The number of aromatic nitrogens is 3. The van der Waals surface area contributed by atoms with Gasteiger partial charge in [0.25, 0.3) is 0 Å². The van der Waals surface area contributed by atoms with Gasteiger partial charge in [0.2, 0.25) is 23.7 Å². The first-order chi connectivity index (χ1) is 10.5. The predicted octanol–water partition coefficient (Wildman–Crippen LogP) is -0.667. The summed E-state index contributed by atoms with van der Waals surface area (Å²) >= 11 is 0. The lowest BCUT2D eigenvalue weighted by atomic mass is 10.2. The van der Waals surface area contributed by atoms with Gasteiger partial charge in [0, 0.05) is 5.56 Å². The first-order valence-corrected chi connectivity index (χ1v) is 6.40. The standard InChI is InChI=1S/C13H15N7O2/c14-9(21)6-16-12-18-11(8-4-2-1-3-5-8)19-13(20-12)17-7-10(15)22/h1-5H,6-7H2,(H2,14,21)(H2,15,22)(H2,16,17,18,19,20). The molecule has 0 atom stereocenters. The summed E-state index contributed by atoms with van der Waals surface area (Å²) in [4.78, 5) is 34.1. The van der Waals surface area contributed by atoms with Gasteiger partial charge in [-0.2, -0.15) is 15.0 Å². The quantitative estimate of drug-likeness (QED) is 0.530. The average molecular weight is 301 g/mol. The minimum Gasteiger partial charge on any atom is -0.368 e.